The maximum absolute atomic E-state index is 13.5. The second kappa shape index (κ2) is 6.23. The van der Waals surface area contributed by atoms with E-state index < -0.39 is 0 Å². The van der Waals surface area contributed by atoms with Crippen molar-refractivity contribution in [3.8, 4) is 0 Å². The molecular weight excluding hydrogens is 352 g/mol. The zero-order chi connectivity index (χ0) is 14.0. The molecule has 2 N–H and O–H groups in total. The molecule has 0 aliphatic carbocycles. The maximum Gasteiger partial charge on any atom is 0.137 e. The first-order valence-electron chi connectivity index (χ1n) is 5.62. The maximum atomic E-state index is 13.5. The van der Waals surface area contributed by atoms with E-state index in [-0.39, 0.29) is 11.9 Å². The Balaban J connectivity index is 2.25. The fourth-order valence-corrected chi connectivity index (χ4v) is 2.88. The average molecular weight is 363 g/mol. The van der Waals surface area contributed by atoms with Crippen LogP contribution < -0.4 is 5.73 Å². The molecule has 2 rings (SSSR count). The minimum absolute atomic E-state index is 0.324. The SMILES string of the molecule is NC(Cc1ccc(Cl)cc1Cl)c1cccc(F)c1Br. The lowest BCUT2D eigenvalue weighted by molar-refractivity contribution is 0.610. The molecule has 1 unspecified atom stereocenters. The van der Waals surface area contributed by atoms with E-state index in [1.165, 1.54) is 6.07 Å². The molecule has 0 amide bonds. The molecule has 0 saturated heterocycles. The van der Waals surface area contributed by atoms with Gasteiger partial charge in [0, 0.05) is 16.1 Å². The van der Waals surface area contributed by atoms with Crippen LogP contribution in [0.25, 0.3) is 0 Å². The highest BCUT2D eigenvalue weighted by Crippen LogP contribution is 2.29. The van der Waals surface area contributed by atoms with Crippen molar-refractivity contribution in [1.29, 1.82) is 0 Å². The molecule has 0 spiro atoms. The second-order valence-electron chi connectivity index (χ2n) is 4.19. The average Bonchev–Trinajstić information content (AvgIpc) is 2.36. The van der Waals surface area contributed by atoms with Gasteiger partial charge in [0.15, 0.2) is 0 Å². The molecule has 19 heavy (non-hydrogen) atoms. The number of hydrogen-bond donors (Lipinski definition) is 1. The van der Waals surface area contributed by atoms with Gasteiger partial charge in [-0.05, 0) is 51.7 Å². The lowest BCUT2D eigenvalue weighted by Crippen LogP contribution is -2.14. The van der Waals surface area contributed by atoms with Gasteiger partial charge in [0.25, 0.3) is 0 Å². The summed E-state index contributed by atoms with van der Waals surface area (Å²) in [6.45, 7) is 0. The Bertz CT molecular complexity index is 604. The monoisotopic (exact) mass is 361 g/mol. The Morgan fingerprint density at radius 2 is 1.95 bits per heavy atom. The normalized spacial score (nSPS) is 12.5. The quantitative estimate of drug-likeness (QED) is 0.803. The van der Waals surface area contributed by atoms with Crippen molar-refractivity contribution >= 4 is 39.1 Å². The summed E-state index contributed by atoms with van der Waals surface area (Å²) < 4.78 is 13.9. The van der Waals surface area contributed by atoms with Crippen LogP contribution in [0.3, 0.4) is 0 Å². The lowest BCUT2D eigenvalue weighted by Gasteiger charge is -2.15. The van der Waals surface area contributed by atoms with E-state index in [0.29, 0.717) is 26.5 Å². The van der Waals surface area contributed by atoms with Gasteiger partial charge in [-0.1, -0.05) is 41.4 Å². The molecule has 1 atom stereocenters. The van der Waals surface area contributed by atoms with E-state index in [1.807, 2.05) is 6.07 Å². The van der Waals surface area contributed by atoms with Gasteiger partial charge in [0.1, 0.15) is 5.82 Å². The molecule has 100 valence electrons. The van der Waals surface area contributed by atoms with Crippen molar-refractivity contribution in [2.75, 3.05) is 0 Å². The minimum atomic E-state index is -0.344. The van der Waals surface area contributed by atoms with Crippen LogP contribution >= 0.6 is 39.1 Å². The smallest absolute Gasteiger partial charge is 0.137 e. The predicted octanol–water partition coefficient (Wildman–Crippen LogP) is 5.14. The fraction of sp³-hybridized carbons (Fsp3) is 0.143. The van der Waals surface area contributed by atoms with Crippen LogP contribution in [0.1, 0.15) is 17.2 Å². The first-order valence-corrected chi connectivity index (χ1v) is 7.17. The van der Waals surface area contributed by atoms with Crippen LogP contribution in [0, 0.1) is 5.82 Å². The number of rotatable bonds is 3. The summed E-state index contributed by atoms with van der Waals surface area (Å²) in [5, 5.41) is 1.14. The molecule has 1 nitrogen and oxygen atoms in total. The van der Waals surface area contributed by atoms with Crippen LogP contribution in [0.2, 0.25) is 10.0 Å². The fourth-order valence-electron chi connectivity index (χ4n) is 1.84. The second-order valence-corrected chi connectivity index (χ2v) is 5.83. The molecule has 0 aromatic heterocycles. The Hall–Kier alpha value is -0.610. The van der Waals surface area contributed by atoms with Gasteiger partial charge in [0.05, 0.1) is 4.47 Å². The molecule has 0 bridgehead atoms. The van der Waals surface area contributed by atoms with Crippen LogP contribution in [0.4, 0.5) is 4.39 Å². The van der Waals surface area contributed by atoms with Gasteiger partial charge >= 0.3 is 0 Å². The molecular formula is C14H11BrCl2FN. The third-order valence-corrected chi connectivity index (χ3v) is 4.26. The molecule has 0 radical (unpaired) electrons. The van der Waals surface area contributed by atoms with Crippen LogP contribution in [0.15, 0.2) is 40.9 Å². The van der Waals surface area contributed by atoms with E-state index in [2.05, 4.69) is 15.9 Å². The largest absolute Gasteiger partial charge is 0.324 e. The Morgan fingerprint density at radius 1 is 1.21 bits per heavy atom. The van der Waals surface area contributed by atoms with Gasteiger partial charge in [-0.25, -0.2) is 4.39 Å². The van der Waals surface area contributed by atoms with E-state index in [1.54, 1.807) is 24.3 Å². The third kappa shape index (κ3) is 3.48. The van der Waals surface area contributed by atoms with Crippen LogP contribution in [0.5, 0.6) is 0 Å². The van der Waals surface area contributed by atoms with E-state index in [9.17, 15) is 4.39 Å². The number of hydrogen-bond acceptors (Lipinski definition) is 1. The van der Waals surface area contributed by atoms with Crippen LogP contribution in [-0.4, -0.2) is 0 Å². The molecule has 5 heteroatoms. The van der Waals surface area contributed by atoms with Gasteiger partial charge in [-0.3, -0.25) is 0 Å². The third-order valence-electron chi connectivity index (χ3n) is 2.84. The summed E-state index contributed by atoms with van der Waals surface area (Å²) in [6.07, 6.45) is 0.512. The van der Waals surface area contributed by atoms with Crippen molar-refractivity contribution in [3.05, 3.63) is 67.9 Å². The van der Waals surface area contributed by atoms with Crippen molar-refractivity contribution in [2.45, 2.75) is 12.5 Å². The molecule has 0 aliphatic rings. The minimum Gasteiger partial charge on any atom is -0.324 e. The molecule has 0 heterocycles. The predicted molar refractivity (Wildman–Crippen MR) is 81.2 cm³/mol. The summed E-state index contributed by atoms with van der Waals surface area (Å²) in [6, 6.07) is 9.74. The summed E-state index contributed by atoms with van der Waals surface area (Å²) in [5.41, 5.74) is 7.71. The molecule has 2 aromatic carbocycles. The van der Waals surface area contributed by atoms with Gasteiger partial charge in [-0.15, -0.1) is 0 Å². The topological polar surface area (TPSA) is 26.0 Å². The van der Waals surface area contributed by atoms with Crippen LogP contribution in [-0.2, 0) is 6.42 Å². The van der Waals surface area contributed by atoms with Gasteiger partial charge in [-0.2, -0.15) is 0 Å². The van der Waals surface area contributed by atoms with E-state index in [4.69, 9.17) is 28.9 Å². The standard InChI is InChI=1S/C14H11BrCl2FN/c15-14-10(2-1-3-12(14)18)13(19)6-8-4-5-9(16)7-11(8)17/h1-5,7,13H,6,19H2. The number of nitrogens with two attached hydrogens (primary N) is 1. The van der Waals surface area contributed by atoms with Crippen molar-refractivity contribution < 1.29 is 4.39 Å². The zero-order valence-corrected chi connectivity index (χ0v) is 12.9. The van der Waals surface area contributed by atoms with Crippen molar-refractivity contribution in [1.82, 2.24) is 0 Å². The highest BCUT2D eigenvalue weighted by Gasteiger charge is 2.14. The van der Waals surface area contributed by atoms with Gasteiger partial charge in [0.2, 0.25) is 0 Å². The number of halogens is 4. The number of benzene rings is 2. The molecule has 0 aliphatic heterocycles. The highest BCUT2D eigenvalue weighted by molar-refractivity contribution is 9.10. The van der Waals surface area contributed by atoms with Crippen molar-refractivity contribution in [2.24, 2.45) is 5.73 Å². The Morgan fingerprint density at radius 3 is 2.63 bits per heavy atom. The first kappa shape index (κ1) is 14.8. The summed E-state index contributed by atoms with van der Waals surface area (Å²) in [5.74, 6) is -0.324. The van der Waals surface area contributed by atoms with E-state index in [0.717, 1.165) is 5.56 Å². The summed E-state index contributed by atoms with van der Waals surface area (Å²) in [7, 11) is 0. The first-order chi connectivity index (χ1) is 8.99. The molecule has 0 saturated carbocycles. The van der Waals surface area contributed by atoms with Gasteiger partial charge < -0.3 is 5.73 Å². The lowest BCUT2D eigenvalue weighted by atomic mass is 9.99. The molecule has 0 fully saturated rings. The highest BCUT2D eigenvalue weighted by atomic mass is 79.9. The zero-order valence-electron chi connectivity index (χ0n) is 9.84. The molecule has 2 aromatic rings. The summed E-state index contributed by atoms with van der Waals surface area (Å²) in [4.78, 5) is 0. The van der Waals surface area contributed by atoms with Crippen molar-refractivity contribution in [3.63, 3.8) is 0 Å². The summed E-state index contributed by atoms with van der Waals surface area (Å²) >= 11 is 15.2. The Kier molecular flexibility index (Phi) is 4.85. The van der Waals surface area contributed by atoms with E-state index >= 15 is 0 Å². The Labute approximate surface area is 129 Å².